The number of rotatable bonds is 2. The molecule has 25 heavy (non-hydrogen) atoms. The summed E-state index contributed by atoms with van der Waals surface area (Å²) in [7, 11) is 1.74. The second-order valence-corrected chi connectivity index (χ2v) is 6.30. The number of aromatic hydroxyl groups is 1. The third-order valence-corrected chi connectivity index (χ3v) is 4.79. The number of nitrogens with one attached hydrogen (secondary N) is 1. The molecule has 2 aromatic rings. The topological polar surface area (TPSA) is 67.3 Å². The number of halogens is 3. The van der Waals surface area contributed by atoms with Crippen molar-refractivity contribution in [2.45, 2.75) is 37.6 Å². The first kappa shape index (κ1) is 16.1. The van der Waals surface area contributed by atoms with Crippen LogP contribution in [0.15, 0.2) is 18.2 Å². The number of phenolic OH excluding ortho intramolecular Hbond substituents is 1. The normalized spacial score (nSPS) is 21.9. The Balaban J connectivity index is 1.86. The molecule has 2 N–H and O–H groups in total. The second-order valence-electron chi connectivity index (χ2n) is 6.30. The van der Waals surface area contributed by atoms with Crippen LogP contribution < -0.4 is 5.32 Å². The van der Waals surface area contributed by atoms with Crippen molar-refractivity contribution in [1.82, 2.24) is 10.2 Å². The largest absolute Gasteiger partial charge is 0.507 e. The van der Waals surface area contributed by atoms with Crippen LogP contribution >= 0.6 is 0 Å². The van der Waals surface area contributed by atoms with Crippen LogP contribution in [0.2, 0.25) is 0 Å². The summed E-state index contributed by atoms with van der Waals surface area (Å²) in [6.45, 7) is 0. The van der Waals surface area contributed by atoms with Crippen molar-refractivity contribution in [2.75, 3.05) is 12.4 Å². The Bertz CT molecular complexity index is 839. The van der Waals surface area contributed by atoms with Gasteiger partial charge in [-0.1, -0.05) is 0 Å². The van der Waals surface area contributed by atoms with Crippen LogP contribution in [0.4, 0.5) is 19.0 Å². The summed E-state index contributed by atoms with van der Waals surface area (Å²) < 4.78 is 44.4. The van der Waals surface area contributed by atoms with Crippen LogP contribution in [-0.4, -0.2) is 28.5 Å². The molecule has 1 saturated heterocycles. The van der Waals surface area contributed by atoms with Gasteiger partial charge >= 0.3 is 6.18 Å². The first-order chi connectivity index (χ1) is 11.9. The number of ether oxygens (including phenoxy) is 1. The van der Waals surface area contributed by atoms with Gasteiger partial charge in [-0.3, -0.25) is 0 Å². The highest BCUT2D eigenvalue weighted by molar-refractivity contribution is 5.73. The van der Waals surface area contributed by atoms with Gasteiger partial charge < -0.3 is 15.2 Å². The molecule has 3 heterocycles. The molecular weight excluding hydrogens is 335 g/mol. The fraction of sp³-hybridized carbons (Fsp3) is 0.412. The summed E-state index contributed by atoms with van der Waals surface area (Å²) in [5, 5.41) is 21.5. The number of aromatic nitrogens is 2. The van der Waals surface area contributed by atoms with E-state index in [9.17, 15) is 18.3 Å². The van der Waals surface area contributed by atoms with E-state index < -0.39 is 17.5 Å². The number of fused-ring (bicyclic) bond motifs is 4. The lowest BCUT2D eigenvalue weighted by molar-refractivity contribution is -0.137. The van der Waals surface area contributed by atoms with Crippen molar-refractivity contribution in [3.8, 4) is 17.0 Å². The molecule has 0 spiro atoms. The van der Waals surface area contributed by atoms with Crippen LogP contribution in [0.1, 0.15) is 35.6 Å². The Morgan fingerprint density at radius 3 is 2.72 bits per heavy atom. The molecular formula is C17H16F3N3O2. The lowest BCUT2D eigenvalue weighted by Crippen LogP contribution is -2.21. The van der Waals surface area contributed by atoms with Crippen molar-refractivity contribution in [3.63, 3.8) is 0 Å². The fourth-order valence-corrected chi connectivity index (χ4v) is 3.64. The average molecular weight is 351 g/mol. The molecule has 5 nitrogen and oxygen atoms in total. The van der Waals surface area contributed by atoms with E-state index in [1.165, 1.54) is 6.07 Å². The number of phenols is 1. The zero-order chi connectivity index (χ0) is 17.8. The first-order valence-corrected chi connectivity index (χ1v) is 8.01. The van der Waals surface area contributed by atoms with Crippen molar-refractivity contribution in [3.05, 3.63) is 34.9 Å². The van der Waals surface area contributed by atoms with E-state index in [-0.39, 0.29) is 17.8 Å². The molecule has 0 amide bonds. The van der Waals surface area contributed by atoms with E-state index in [2.05, 4.69) is 15.5 Å². The minimum absolute atomic E-state index is 0.0711. The van der Waals surface area contributed by atoms with E-state index >= 15 is 0 Å². The molecule has 1 aromatic heterocycles. The zero-order valence-corrected chi connectivity index (χ0v) is 13.4. The van der Waals surface area contributed by atoms with Gasteiger partial charge in [0.2, 0.25) is 0 Å². The Hall–Kier alpha value is -2.35. The highest BCUT2D eigenvalue weighted by atomic mass is 19.4. The smallest absolute Gasteiger partial charge is 0.416 e. The zero-order valence-electron chi connectivity index (χ0n) is 13.4. The highest BCUT2D eigenvalue weighted by Crippen LogP contribution is 2.47. The SMILES string of the molecule is CNc1nnc(-c2ccc(C(F)(F)F)cc2O)c2c1C1CCC(C2)O1. The molecule has 8 heteroatoms. The van der Waals surface area contributed by atoms with Gasteiger partial charge in [-0.15, -0.1) is 10.2 Å². The molecule has 132 valence electrons. The predicted octanol–water partition coefficient (Wildman–Crippen LogP) is 3.69. The number of anilines is 1. The van der Waals surface area contributed by atoms with Crippen molar-refractivity contribution < 1.29 is 23.0 Å². The average Bonchev–Trinajstić information content (AvgIpc) is 2.95. The molecule has 2 unspecified atom stereocenters. The molecule has 1 aromatic carbocycles. The minimum Gasteiger partial charge on any atom is -0.507 e. The number of benzene rings is 1. The van der Waals surface area contributed by atoms with Gasteiger partial charge in [-0.25, -0.2) is 0 Å². The summed E-state index contributed by atoms with van der Waals surface area (Å²) in [5.41, 5.74) is 1.54. The van der Waals surface area contributed by atoms with E-state index in [1.807, 2.05) is 0 Å². The summed E-state index contributed by atoms with van der Waals surface area (Å²) in [6.07, 6.45) is -2.14. The lowest BCUT2D eigenvalue weighted by Gasteiger charge is -2.27. The van der Waals surface area contributed by atoms with Gasteiger partial charge in [-0.2, -0.15) is 13.2 Å². The maximum atomic E-state index is 12.8. The number of alkyl halides is 3. The Kier molecular flexibility index (Phi) is 3.61. The van der Waals surface area contributed by atoms with Crippen molar-refractivity contribution in [1.29, 1.82) is 0 Å². The van der Waals surface area contributed by atoms with Crippen molar-refractivity contribution >= 4 is 5.82 Å². The van der Waals surface area contributed by atoms with E-state index in [4.69, 9.17) is 4.74 Å². The number of hydrogen-bond acceptors (Lipinski definition) is 5. The Labute approximate surface area is 141 Å². The molecule has 2 atom stereocenters. The molecule has 2 aliphatic heterocycles. The Morgan fingerprint density at radius 1 is 1.24 bits per heavy atom. The highest BCUT2D eigenvalue weighted by Gasteiger charge is 2.38. The minimum atomic E-state index is -4.51. The maximum absolute atomic E-state index is 12.8. The van der Waals surface area contributed by atoms with E-state index in [0.717, 1.165) is 36.1 Å². The van der Waals surface area contributed by atoms with Crippen molar-refractivity contribution in [2.24, 2.45) is 0 Å². The van der Waals surface area contributed by atoms with Gasteiger partial charge in [0.05, 0.1) is 17.8 Å². The van der Waals surface area contributed by atoms with Gasteiger partial charge in [-0.05, 0) is 36.6 Å². The van der Waals surface area contributed by atoms with Gasteiger partial charge in [0.15, 0.2) is 5.82 Å². The standard InChI is InChI=1S/C17H16F3N3O2/c1-21-16-14-11(7-9-3-5-13(14)25-9)15(22-23-16)10-4-2-8(6-12(10)24)17(18,19)20/h2,4,6,9,13,24H,3,5,7H2,1H3,(H,21,23). The second kappa shape index (κ2) is 5.59. The van der Waals surface area contributed by atoms with Crippen LogP contribution in [-0.2, 0) is 17.3 Å². The monoisotopic (exact) mass is 351 g/mol. The predicted molar refractivity (Wildman–Crippen MR) is 84.2 cm³/mol. The van der Waals surface area contributed by atoms with Gasteiger partial charge in [0, 0.05) is 24.6 Å². The summed E-state index contributed by atoms with van der Waals surface area (Å²) >= 11 is 0. The number of hydrogen-bond donors (Lipinski definition) is 2. The van der Waals surface area contributed by atoms with Gasteiger partial charge in [0.25, 0.3) is 0 Å². The lowest BCUT2D eigenvalue weighted by atomic mass is 9.93. The van der Waals surface area contributed by atoms with E-state index in [1.54, 1.807) is 7.05 Å². The molecule has 0 radical (unpaired) electrons. The molecule has 0 saturated carbocycles. The molecule has 1 fully saturated rings. The fourth-order valence-electron chi connectivity index (χ4n) is 3.64. The first-order valence-electron chi connectivity index (χ1n) is 8.01. The third-order valence-electron chi connectivity index (χ3n) is 4.79. The quantitative estimate of drug-likeness (QED) is 0.864. The number of nitrogens with zero attached hydrogens (tertiary/aromatic N) is 2. The van der Waals surface area contributed by atoms with Crippen LogP contribution in [0.3, 0.4) is 0 Å². The maximum Gasteiger partial charge on any atom is 0.416 e. The van der Waals surface area contributed by atoms with Crippen LogP contribution in [0, 0.1) is 0 Å². The van der Waals surface area contributed by atoms with Crippen LogP contribution in [0.5, 0.6) is 5.75 Å². The summed E-state index contributed by atoms with van der Waals surface area (Å²) in [6, 6.07) is 2.92. The molecule has 2 aliphatic rings. The van der Waals surface area contributed by atoms with E-state index in [0.29, 0.717) is 17.9 Å². The van der Waals surface area contributed by atoms with Crippen LogP contribution in [0.25, 0.3) is 11.3 Å². The Morgan fingerprint density at radius 2 is 2.04 bits per heavy atom. The van der Waals surface area contributed by atoms with Gasteiger partial charge in [0.1, 0.15) is 11.4 Å². The molecule has 0 aliphatic carbocycles. The third kappa shape index (κ3) is 2.60. The summed E-state index contributed by atoms with van der Waals surface area (Å²) in [5.74, 6) is 0.151. The molecule has 4 rings (SSSR count). The summed E-state index contributed by atoms with van der Waals surface area (Å²) in [4.78, 5) is 0. The molecule has 2 bridgehead atoms.